The summed E-state index contributed by atoms with van der Waals surface area (Å²) >= 11 is 0. The van der Waals surface area contributed by atoms with E-state index in [2.05, 4.69) is 34.6 Å². The Bertz CT molecular complexity index is 476. The Morgan fingerprint density at radius 3 is 2.88 bits per heavy atom. The first-order valence-corrected chi connectivity index (χ1v) is 5.95. The third kappa shape index (κ3) is 2.91. The van der Waals surface area contributed by atoms with Crippen LogP contribution in [0.25, 0.3) is 11.1 Å². The molecular weight excluding hydrogens is 212 g/mol. The number of hydrogen-bond acceptors (Lipinski definition) is 3. The molecule has 2 aromatic rings. The molecule has 0 aliphatic carbocycles. The number of hydrogen-bond donors (Lipinski definition) is 1. The summed E-state index contributed by atoms with van der Waals surface area (Å²) in [6.45, 7) is 3.95. The average Bonchev–Trinajstić information content (AvgIpc) is 2.79. The fourth-order valence-electron chi connectivity index (χ4n) is 1.81. The second-order valence-electron chi connectivity index (χ2n) is 4.10. The lowest BCUT2D eigenvalue weighted by molar-refractivity contribution is 0.603. The highest BCUT2D eigenvalue weighted by Crippen LogP contribution is 2.18. The molecule has 0 unspecified atom stereocenters. The minimum Gasteiger partial charge on any atom is -0.316 e. The van der Waals surface area contributed by atoms with Crippen LogP contribution in [0.1, 0.15) is 18.9 Å². The van der Waals surface area contributed by atoms with E-state index in [0.29, 0.717) is 0 Å². The summed E-state index contributed by atoms with van der Waals surface area (Å²) < 4.78 is 1.97. The molecule has 17 heavy (non-hydrogen) atoms. The van der Waals surface area contributed by atoms with Gasteiger partial charge in [0.15, 0.2) is 0 Å². The molecule has 2 aromatic heterocycles. The van der Waals surface area contributed by atoms with Crippen molar-refractivity contribution in [3.05, 3.63) is 36.4 Å². The molecule has 0 radical (unpaired) electrons. The van der Waals surface area contributed by atoms with Gasteiger partial charge in [0, 0.05) is 42.8 Å². The molecule has 2 rings (SSSR count). The second kappa shape index (κ2) is 5.59. The van der Waals surface area contributed by atoms with Gasteiger partial charge in [-0.3, -0.25) is 9.67 Å². The molecule has 0 aliphatic rings. The molecule has 0 saturated heterocycles. The number of rotatable bonds is 5. The molecule has 0 aromatic carbocycles. The Balaban J connectivity index is 2.22. The molecule has 0 fully saturated rings. The molecule has 0 saturated carbocycles. The number of aromatic nitrogens is 3. The molecule has 1 N–H and O–H groups in total. The zero-order chi connectivity index (χ0) is 12.1. The van der Waals surface area contributed by atoms with Gasteiger partial charge in [0.1, 0.15) is 0 Å². The molecule has 90 valence electrons. The Morgan fingerprint density at radius 2 is 2.12 bits per heavy atom. The van der Waals surface area contributed by atoms with E-state index in [1.165, 1.54) is 5.56 Å². The summed E-state index contributed by atoms with van der Waals surface area (Å²) in [5, 5.41) is 7.46. The van der Waals surface area contributed by atoms with Gasteiger partial charge >= 0.3 is 0 Å². The Kier molecular flexibility index (Phi) is 3.88. The van der Waals surface area contributed by atoms with E-state index >= 15 is 0 Å². The van der Waals surface area contributed by atoms with E-state index in [9.17, 15) is 0 Å². The molecule has 0 aliphatic heterocycles. The molecule has 0 spiro atoms. The van der Waals surface area contributed by atoms with Crippen LogP contribution in [0.4, 0.5) is 0 Å². The number of nitrogens with zero attached hydrogens (tertiary/aromatic N) is 3. The van der Waals surface area contributed by atoms with E-state index in [4.69, 9.17) is 0 Å². The maximum atomic E-state index is 4.33. The van der Waals surface area contributed by atoms with Crippen LogP contribution in [0.5, 0.6) is 0 Å². The fourth-order valence-corrected chi connectivity index (χ4v) is 1.81. The largest absolute Gasteiger partial charge is 0.316 e. The maximum Gasteiger partial charge on any atom is 0.0568 e. The lowest BCUT2D eigenvalue weighted by Crippen LogP contribution is -2.05. The number of pyridine rings is 1. The van der Waals surface area contributed by atoms with E-state index in [-0.39, 0.29) is 0 Å². The first-order valence-electron chi connectivity index (χ1n) is 5.95. The zero-order valence-corrected chi connectivity index (χ0v) is 10.3. The molecule has 4 heteroatoms. The van der Waals surface area contributed by atoms with E-state index < -0.39 is 0 Å². The fraction of sp³-hybridized carbons (Fsp3) is 0.385. The van der Waals surface area contributed by atoms with Crippen molar-refractivity contribution in [2.24, 2.45) is 0 Å². The minimum absolute atomic E-state index is 0.837. The third-order valence-electron chi connectivity index (χ3n) is 2.60. The van der Waals surface area contributed by atoms with Crippen molar-refractivity contribution in [3.8, 4) is 11.1 Å². The van der Waals surface area contributed by atoms with E-state index in [1.807, 2.05) is 30.3 Å². The van der Waals surface area contributed by atoms with Gasteiger partial charge in [-0.25, -0.2) is 0 Å². The van der Waals surface area contributed by atoms with Gasteiger partial charge in [-0.15, -0.1) is 0 Å². The summed E-state index contributed by atoms with van der Waals surface area (Å²) in [5.41, 5.74) is 3.44. The van der Waals surface area contributed by atoms with Crippen LogP contribution >= 0.6 is 0 Å². The summed E-state index contributed by atoms with van der Waals surface area (Å²) in [6.07, 6.45) is 8.83. The molecular formula is C13H18N4. The van der Waals surface area contributed by atoms with Crippen LogP contribution in [0.15, 0.2) is 30.9 Å². The standard InChI is InChI=1S/C13H18N4/c1-3-4-17-10-13(9-16-17)12-5-11(6-14-2)7-15-8-12/h5,7-10,14H,3-4,6H2,1-2H3. The highest BCUT2D eigenvalue weighted by molar-refractivity contribution is 5.61. The molecule has 0 bridgehead atoms. The van der Waals surface area contributed by atoms with Crippen molar-refractivity contribution in [2.75, 3.05) is 7.05 Å². The zero-order valence-electron chi connectivity index (χ0n) is 10.3. The molecule has 4 nitrogen and oxygen atoms in total. The van der Waals surface area contributed by atoms with Crippen LogP contribution in [0, 0.1) is 0 Å². The molecule has 0 atom stereocenters. The molecule has 0 amide bonds. The first kappa shape index (κ1) is 11.8. The van der Waals surface area contributed by atoms with Gasteiger partial charge in [0.25, 0.3) is 0 Å². The normalized spacial score (nSPS) is 10.7. The Labute approximate surface area is 102 Å². The van der Waals surface area contributed by atoms with Gasteiger partial charge in [-0.1, -0.05) is 6.92 Å². The van der Waals surface area contributed by atoms with Crippen LogP contribution in [-0.4, -0.2) is 21.8 Å². The molecule has 2 heterocycles. The lowest BCUT2D eigenvalue weighted by Gasteiger charge is -2.02. The SMILES string of the molecule is CCCn1cc(-c2cncc(CNC)c2)cn1. The van der Waals surface area contributed by atoms with Crippen molar-refractivity contribution in [3.63, 3.8) is 0 Å². The monoisotopic (exact) mass is 230 g/mol. The summed E-state index contributed by atoms with van der Waals surface area (Å²) in [6, 6.07) is 2.15. The van der Waals surface area contributed by atoms with E-state index in [0.717, 1.165) is 30.6 Å². The van der Waals surface area contributed by atoms with Crippen molar-refractivity contribution >= 4 is 0 Å². The van der Waals surface area contributed by atoms with Gasteiger partial charge in [-0.05, 0) is 25.1 Å². The van der Waals surface area contributed by atoms with Gasteiger partial charge in [-0.2, -0.15) is 5.10 Å². The van der Waals surface area contributed by atoms with Crippen molar-refractivity contribution < 1.29 is 0 Å². The van der Waals surface area contributed by atoms with Gasteiger partial charge in [0.05, 0.1) is 6.20 Å². The Morgan fingerprint density at radius 1 is 1.24 bits per heavy atom. The van der Waals surface area contributed by atoms with Crippen LogP contribution < -0.4 is 5.32 Å². The van der Waals surface area contributed by atoms with Crippen molar-refractivity contribution in [1.29, 1.82) is 0 Å². The van der Waals surface area contributed by atoms with Crippen LogP contribution in [0.3, 0.4) is 0 Å². The highest BCUT2D eigenvalue weighted by atomic mass is 15.3. The minimum atomic E-state index is 0.837. The van der Waals surface area contributed by atoms with Crippen LogP contribution in [-0.2, 0) is 13.1 Å². The summed E-state index contributed by atoms with van der Waals surface area (Å²) in [4.78, 5) is 4.26. The summed E-state index contributed by atoms with van der Waals surface area (Å²) in [5.74, 6) is 0. The first-order chi connectivity index (χ1) is 8.33. The van der Waals surface area contributed by atoms with Gasteiger partial charge in [0.2, 0.25) is 0 Å². The Hall–Kier alpha value is -1.68. The smallest absolute Gasteiger partial charge is 0.0568 e. The summed E-state index contributed by atoms with van der Waals surface area (Å²) in [7, 11) is 1.94. The van der Waals surface area contributed by atoms with Crippen molar-refractivity contribution in [1.82, 2.24) is 20.1 Å². The third-order valence-corrected chi connectivity index (χ3v) is 2.60. The average molecular weight is 230 g/mol. The van der Waals surface area contributed by atoms with E-state index in [1.54, 1.807) is 0 Å². The predicted molar refractivity (Wildman–Crippen MR) is 68.5 cm³/mol. The topological polar surface area (TPSA) is 42.7 Å². The number of nitrogens with one attached hydrogen (secondary N) is 1. The predicted octanol–water partition coefficient (Wildman–Crippen LogP) is 2.07. The maximum absolute atomic E-state index is 4.33. The highest BCUT2D eigenvalue weighted by Gasteiger charge is 2.03. The van der Waals surface area contributed by atoms with Crippen molar-refractivity contribution in [2.45, 2.75) is 26.4 Å². The van der Waals surface area contributed by atoms with Gasteiger partial charge < -0.3 is 5.32 Å². The van der Waals surface area contributed by atoms with Crippen LogP contribution in [0.2, 0.25) is 0 Å². The lowest BCUT2D eigenvalue weighted by atomic mass is 10.1. The quantitative estimate of drug-likeness (QED) is 0.855. The number of aryl methyl sites for hydroxylation is 1. The second-order valence-corrected chi connectivity index (χ2v) is 4.10.